The molecule has 0 radical (unpaired) electrons. The van der Waals surface area contributed by atoms with E-state index in [0.29, 0.717) is 5.41 Å². The minimum absolute atomic E-state index is 0.551. The lowest BCUT2D eigenvalue weighted by molar-refractivity contribution is 0.302. The average molecular weight is 207 g/mol. The zero-order chi connectivity index (χ0) is 11.1. The second-order valence-corrected chi connectivity index (χ2v) is 5.13. The summed E-state index contributed by atoms with van der Waals surface area (Å²) in [5.74, 6) is 6.18. The Bertz CT molecular complexity index is 235. The molecule has 1 rings (SSSR count). The topological polar surface area (TPSA) is 12.0 Å². The van der Waals surface area contributed by atoms with Crippen LogP contribution in [0, 0.1) is 17.3 Å². The van der Waals surface area contributed by atoms with E-state index in [-0.39, 0.29) is 0 Å². The summed E-state index contributed by atoms with van der Waals surface area (Å²) in [5.41, 5.74) is 0.551. The van der Waals surface area contributed by atoms with Crippen molar-refractivity contribution in [2.75, 3.05) is 6.54 Å². The normalized spacial score (nSPS) is 29.9. The largest absolute Gasteiger partial charge is 0.314 e. The number of rotatable bonds is 5. The van der Waals surface area contributed by atoms with Crippen LogP contribution < -0.4 is 5.32 Å². The maximum Gasteiger partial charge on any atom is 0.00937 e. The van der Waals surface area contributed by atoms with Gasteiger partial charge in [0.1, 0.15) is 0 Å². The predicted octanol–water partition coefficient (Wildman–Crippen LogP) is 3.35. The number of hydrogen-bond donors (Lipinski definition) is 1. The molecule has 0 heterocycles. The van der Waals surface area contributed by atoms with Gasteiger partial charge < -0.3 is 5.32 Å². The summed E-state index contributed by atoms with van der Waals surface area (Å²) in [7, 11) is 0. The fourth-order valence-electron chi connectivity index (χ4n) is 2.56. The van der Waals surface area contributed by atoms with E-state index in [1.165, 1.54) is 38.6 Å². The van der Waals surface area contributed by atoms with Crippen molar-refractivity contribution >= 4 is 0 Å². The highest BCUT2D eigenvalue weighted by Crippen LogP contribution is 2.41. The Morgan fingerprint density at radius 2 is 2.27 bits per heavy atom. The second-order valence-electron chi connectivity index (χ2n) is 5.13. The quantitative estimate of drug-likeness (QED) is 0.682. The Labute approximate surface area is 95.0 Å². The van der Waals surface area contributed by atoms with Gasteiger partial charge in [0.15, 0.2) is 0 Å². The highest BCUT2D eigenvalue weighted by atomic mass is 14.9. The Kier molecular flexibility index (Phi) is 5.19. The molecule has 0 amide bonds. The van der Waals surface area contributed by atoms with Crippen molar-refractivity contribution in [2.45, 2.75) is 65.3 Å². The van der Waals surface area contributed by atoms with Crippen molar-refractivity contribution in [1.29, 1.82) is 0 Å². The van der Waals surface area contributed by atoms with Gasteiger partial charge >= 0.3 is 0 Å². The molecule has 0 aromatic heterocycles. The van der Waals surface area contributed by atoms with Crippen LogP contribution in [-0.4, -0.2) is 12.6 Å². The van der Waals surface area contributed by atoms with E-state index in [1.54, 1.807) is 0 Å². The van der Waals surface area contributed by atoms with Gasteiger partial charge in [0.05, 0.1) is 0 Å². The zero-order valence-corrected chi connectivity index (χ0v) is 10.5. The first-order valence-electron chi connectivity index (χ1n) is 6.33. The maximum absolute atomic E-state index is 3.64. The van der Waals surface area contributed by atoms with Gasteiger partial charge in [-0.3, -0.25) is 0 Å². The van der Waals surface area contributed by atoms with Crippen molar-refractivity contribution in [2.24, 2.45) is 5.41 Å². The summed E-state index contributed by atoms with van der Waals surface area (Å²) in [6, 6.07) is 0.768. The van der Waals surface area contributed by atoms with Gasteiger partial charge in [0.25, 0.3) is 0 Å². The second kappa shape index (κ2) is 6.18. The van der Waals surface area contributed by atoms with Crippen LogP contribution in [0.3, 0.4) is 0 Å². The molecule has 1 heteroatoms. The van der Waals surface area contributed by atoms with Gasteiger partial charge in [-0.2, -0.15) is 0 Å². The molecule has 1 saturated carbocycles. The molecule has 2 unspecified atom stereocenters. The molecule has 1 aliphatic carbocycles. The predicted molar refractivity (Wildman–Crippen MR) is 66.7 cm³/mol. The zero-order valence-electron chi connectivity index (χ0n) is 10.5. The van der Waals surface area contributed by atoms with Crippen molar-refractivity contribution < 1.29 is 0 Å². The summed E-state index contributed by atoms with van der Waals surface area (Å²) < 4.78 is 0. The van der Waals surface area contributed by atoms with Crippen molar-refractivity contribution in [3.63, 3.8) is 0 Å². The first-order valence-corrected chi connectivity index (χ1v) is 6.33. The molecule has 0 aromatic rings. The van der Waals surface area contributed by atoms with Gasteiger partial charge in [-0.05, 0) is 51.0 Å². The van der Waals surface area contributed by atoms with Gasteiger partial charge in [0.2, 0.25) is 0 Å². The summed E-state index contributed by atoms with van der Waals surface area (Å²) in [6.07, 6.45) is 7.67. The maximum atomic E-state index is 3.64. The third-order valence-electron chi connectivity index (χ3n) is 3.55. The van der Waals surface area contributed by atoms with E-state index >= 15 is 0 Å². The Hall–Kier alpha value is -0.480. The molecule has 15 heavy (non-hydrogen) atoms. The lowest BCUT2D eigenvalue weighted by atomic mass is 9.84. The summed E-state index contributed by atoms with van der Waals surface area (Å²) >= 11 is 0. The summed E-state index contributed by atoms with van der Waals surface area (Å²) in [6.45, 7) is 7.77. The van der Waals surface area contributed by atoms with Crippen LogP contribution in [0.2, 0.25) is 0 Å². The molecule has 1 fully saturated rings. The van der Waals surface area contributed by atoms with E-state index in [1.807, 2.05) is 6.92 Å². The molecule has 0 aliphatic heterocycles. The fraction of sp³-hybridized carbons (Fsp3) is 0.857. The summed E-state index contributed by atoms with van der Waals surface area (Å²) in [5, 5.41) is 3.64. The molecule has 1 nitrogen and oxygen atoms in total. The van der Waals surface area contributed by atoms with Gasteiger partial charge in [0, 0.05) is 12.5 Å². The molecule has 0 saturated heterocycles. The molecule has 2 atom stereocenters. The molecule has 0 spiro atoms. The monoisotopic (exact) mass is 207 g/mol. The van der Waals surface area contributed by atoms with Gasteiger partial charge in [-0.25, -0.2) is 0 Å². The van der Waals surface area contributed by atoms with Gasteiger partial charge in [-0.15, -0.1) is 11.8 Å². The molecule has 0 aromatic carbocycles. The SMILES string of the molecule is CC#CCCC1(C)CCC(NCCC)C1. The van der Waals surface area contributed by atoms with E-state index in [9.17, 15) is 0 Å². The number of hydrogen-bond acceptors (Lipinski definition) is 1. The highest BCUT2D eigenvalue weighted by Gasteiger charge is 2.33. The third kappa shape index (κ3) is 4.26. The fourth-order valence-corrected chi connectivity index (χ4v) is 2.56. The first kappa shape index (κ1) is 12.6. The molecule has 86 valence electrons. The molecule has 1 aliphatic rings. The smallest absolute Gasteiger partial charge is 0.00937 e. The van der Waals surface area contributed by atoms with Crippen LogP contribution in [0.5, 0.6) is 0 Å². The van der Waals surface area contributed by atoms with E-state index in [0.717, 1.165) is 12.5 Å². The Balaban J connectivity index is 2.28. The Morgan fingerprint density at radius 3 is 2.93 bits per heavy atom. The highest BCUT2D eigenvalue weighted by molar-refractivity contribution is 4.98. The first-order chi connectivity index (χ1) is 7.20. The number of nitrogens with one attached hydrogen (secondary N) is 1. The molecule has 0 bridgehead atoms. The molecular formula is C14H25N. The average Bonchev–Trinajstić information content (AvgIpc) is 2.58. The van der Waals surface area contributed by atoms with Crippen LogP contribution in [0.25, 0.3) is 0 Å². The third-order valence-corrected chi connectivity index (χ3v) is 3.55. The van der Waals surface area contributed by atoms with Crippen molar-refractivity contribution in [3.05, 3.63) is 0 Å². The van der Waals surface area contributed by atoms with Crippen LogP contribution in [-0.2, 0) is 0 Å². The van der Waals surface area contributed by atoms with Crippen molar-refractivity contribution in [1.82, 2.24) is 5.32 Å². The Morgan fingerprint density at radius 1 is 1.47 bits per heavy atom. The van der Waals surface area contributed by atoms with E-state index in [4.69, 9.17) is 0 Å². The summed E-state index contributed by atoms with van der Waals surface area (Å²) in [4.78, 5) is 0. The minimum Gasteiger partial charge on any atom is -0.314 e. The molecular weight excluding hydrogens is 182 g/mol. The van der Waals surface area contributed by atoms with Crippen LogP contribution in [0.15, 0.2) is 0 Å². The van der Waals surface area contributed by atoms with E-state index < -0.39 is 0 Å². The lowest BCUT2D eigenvalue weighted by Crippen LogP contribution is -2.28. The van der Waals surface area contributed by atoms with Crippen LogP contribution >= 0.6 is 0 Å². The standard InChI is InChI=1S/C14H25N/c1-4-6-7-9-14(3)10-8-13(12-14)15-11-5-2/h13,15H,5,7-12H2,1-3H3. The van der Waals surface area contributed by atoms with Crippen LogP contribution in [0.1, 0.15) is 59.3 Å². The van der Waals surface area contributed by atoms with E-state index in [2.05, 4.69) is 31.0 Å². The minimum atomic E-state index is 0.551. The van der Waals surface area contributed by atoms with Crippen molar-refractivity contribution in [3.8, 4) is 11.8 Å². The van der Waals surface area contributed by atoms with Gasteiger partial charge in [-0.1, -0.05) is 13.8 Å². The van der Waals surface area contributed by atoms with Crippen LogP contribution in [0.4, 0.5) is 0 Å². The lowest BCUT2D eigenvalue weighted by Gasteiger charge is -2.23. The molecule has 1 N–H and O–H groups in total.